The summed E-state index contributed by atoms with van der Waals surface area (Å²) in [5.41, 5.74) is 0.891. The van der Waals surface area contributed by atoms with Crippen LogP contribution >= 0.6 is 0 Å². The smallest absolute Gasteiger partial charge is 0.245 e. The van der Waals surface area contributed by atoms with Crippen molar-refractivity contribution < 1.29 is 17.9 Å². The molecular formula is C21H26N2O4S. The zero-order chi connectivity index (χ0) is 19.7. The highest BCUT2D eigenvalue weighted by atomic mass is 32.2. The summed E-state index contributed by atoms with van der Waals surface area (Å²) in [6.45, 7) is 4.88. The van der Waals surface area contributed by atoms with Crippen molar-refractivity contribution in [3.63, 3.8) is 0 Å². The minimum Gasteiger partial charge on any atom is -0.454 e. The van der Waals surface area contributed by atoms with Gasteiger partial charge in [0.15, 0.2) is 11.5 Å². The van der Waals surface area contributed by atoms with Crippen molar-refractivity contribution in [2.24, 2.45) is 11.8 Å². The molecule has 3 atom stereocenters. The Kier molecular flexibility index (Phi) is 5.29. The van der Waals surface area contributed by atoms with Gasteiger partial charge >= 0.3 is 0 Å². The molecule has 28 heavy (non-hydrogen) atoms. The van der Waals surface area contributed by atoms with Crippen molar-refractivity contribution in [1.29, 1.82) is 0 Å². The molecule has 0 saturated heterocycles. The third-order valence-corrected chi connectivity index (χ3v) is 7.90. The molecule has 1 aliphatic heterocycles. The first-order chi connectivity index (χ1) is 13.5. The van der Waals surface area contributed by atoms with Crippen LogP contribution in [-0.2, 0) is 16.6 Å². The Bertz CT molecular complexity index is 933. The number of nitrogens with zero attached hydrogens (tertiary/aromatic N) is 2. The first-order valence-electron chi connectivity index (χ1n) is 9.77. The molecule has 1 aromatic heterocycles. The van der Waals surface area contributed by atoms with Crippen LogP contribution in [0, 0.1) is 11.8 Å². The van der Waals surface area contributed by atoms with Crippen LogP contribution < -0.4 is 9.47 Å². The van der Waals surface area contributed by atoms with Gasteiger partial charge in [-0.25, -0.2) is 8.42 Å². The molecule has 4 rings (SSSR count). The predicted molar refractivity (Wildman–Crippen MR) is 105 cm³/mol. The fourth-order valence-corrected chi connectivity index (χ4v) is 5.88. The van der Waals surface area contributed by atoms with Gasteiger partial charge in [0.25, 0.3) is 0 Å². The van der Waals surface area contributed by atoms with Crippen LogP contribution in [0.3, 0.4) is 0 Å². The van der Waals surface area contributed by atoms with Crippen LogP contribution in [0.15, 0.2) is 47.6 Å². The molecule has 0 amide bonds. The Labute approximate surface area is 166 Å². The first-order valence-corrected chi connectivity index (χ1v) is 11.2. The molecule has 6 nitrogen and oxygen atoms in total. The van der Waals surface area contributed by atoms with E-state index in [1.807, 2.05) is 18.2 Å². The van der Waals surface area contributed by atoms with E-state index in [0.717, 1.165) is 24.8 Å². The van der Waals surface area contributed by atoms with Gasteiger partial charge in [0.1, 0.15) is 4.90 Å². The largest absolute Gasteiger partial charge is 0.454 e. The molecule has 0 spiro atoms. The van der Waals surface area contributed by atoms with Crippen molar-refractivity contribution in [2.45, 2.75) is 50.6 Å². The van der Waals surface area contributed by atoms with E-state index in [1.165, 1.54) is 6.20 Å². The predicted octanol–water partition coefficient (Wildman–Crippen LogP) is 3.83. The molecule has 1 saturated carbocycles. The van der Waals surface area contributed by atoms with Crippen LogP contribution in [-0.4, -0.2) is 30.5 Å². The zero-order valence-electron chi connectivity index (χ0n) is 16.2. The summed E-state index contributed by atoms with van der Waals surface area (Å²) in [6.07, 6.45) is 6.07. The molecule has 150 valence electrons. The molecule has 2 heterocycles. The summed E-state index contributed by atoms with van der Waals surface area (Å²) in [5.74, 6) is 2.14. The number of hydrogen-bond acceptors (Lipinski definition) is 5. The lowest BCUT2D eigenvalue weighted by Gasteiger charge is -2.40. The summed E-state index contributed by atoms with van der Waals surface area (Å²) >= 11 is 0. The van der Waals surface area contributed by atoms with E-state index < -0.39 is 10.0 Å². The van der Waals surface area contributed by atoms with E-state index in [-0.39, 0.29) is 23.6 Å². The van der Waals surface area contributed by atoms with Crippen LogP contribution in [0.1, 0.15) is 38.7 Å². The van der Waals surface area contributed by atoms with Crippen molar-refractivity contribution in [3.8, 4) is 11.5 Å². The Morgan fingerprint density at radius 2 is 1.96 bits per heavy atom. The number of hydrogen-bond donors (Lipinski definition) is 0. The number of benzene rings is 1. The van der Waals surface area contributed by atoms with E-state index in [2.05, 4.69) is 18.8 Å². The fraction of sp³-hybridized carbons (Fsp3) is 0.476. The van der Waals surface area contributed by atoms with Crippen LogP contribution in [0.4, 0.5) is 0 Å². The van der Waals surface area contributed by atoms with E-state index >= 15 is 0 Å². The first kappa shape index (κ1) is 19.2. The number of fused-ring (bicyclic) bond motifs is 1. The lowest BCUT2D eigenvalue weighted by atomic mass is 9.78. The van der Waals surface area contributed by atoms with Crippen molar-refractivity contribution in [2.75, 3.05) is 6.79 Å². The van der Waals surface area contributed by atoms with Gasteiger partial charge in [0.2, 0.25) is 16.8 Å². The topological polar surface area (TPSA) is 68.7 Å². The van der Waals surface area contributed by atoms with E-state index in [9.17, 15) is 8.42 Å². The minimum absolute atomic E-state index is 0.0422. The summed E-state index contributed by atoms with van der Waals surface area (Å²) in [6, 6.07) is 8.88. The van der Waals surface area contributed by atoms with Gasteiger partial charge in [0, 0.05) is 25.0 Å². The third kappa shape index (κ3) is 3.61. The number of rotatable bonds is 5. The molecular weight excluding hydrogens is 376 g/mol. The monoisotopic (exact) mass is 402 g/mol. The van der Waals surface area contributed by atoms with E-state index in [0.29, 0.717) is 24.0 Å². The average molecular weight is 403 g/mol. The fourth-order valence-electron chi connectivity index (χ4n) is 4.20. The minimum atomic E-state index is -3.67. The molecule has 1 fully saturated rings. The van der Waals surface area contributed by atoms with Gasteiger partial charge in [-0.15, -0.1) is 0 Å². The second-order valence-electron chi connectivity index (χ2n) is 7.76. The normalized spacial score (nSPS) is 24.5. The standard InChI is InChI=1S/C21H26N2O4S/c1-15-5-3-7-19(16(15)2)23(28(24,25)18-6-4-10-22-12-18)13-17-8-9-20-21(11-17)27-14-26-20/h4,6,8-12,15-16,19H,3,5,7,13-14H2,1-2H3/t15-,16+,19-/m1/s1. The summed E-state index contributed by atoms with van der Waals surface area (Å²) in [4.78, 5) is 4.26. The highest BCUT2D eigenvalue weighted by Gasteiger charge is 2.38. The Morgan fingerprint density at radius 1 is 1.14 bits per heavy atom. The number of aromatic nitrogens is 1. The molecule has 7 heteroatoms. The Morgan fingerprint density at radius 3 is 2.75 bits per heavy atom. The van der Waals surface area contributed by atoms with Gasteiger partial charge in [-0.1, -0.05) is 32.8 Å². The van der Waals surface area contributed by atoms with Crippen molar-refractivity contribution in [1.82, 2.24) is 9.29 Å². The molecule has 0 unspecified atom stereocenters. The summed E-state index contributed by atoms with van der Waals surface area (Å²) in [5, 5.41) is 0. The Balaban J connectivity index is 1.71. The SMILES string of the molecule is C[C@H]1[C@H](C)CCC[C@H]1N(Cc1ccc2c(c1)OCO2)S(=O)(=O)c1cccnc1. The maximum Gasteiger partial charge on any atom is 0.245 e. The van der Waals surface area contributed by atoms with Crippen LogP contribution in [0.2, 0.25) is 0 Å². The molecule has 0 N–H and O–H groups in total. The molecule has 0 radical (unpaired) electrons. The van der Waals surface area contributed by atoms with E-state index in [1.54, 1.807) is 22.6 Å². The lowest BCUT2D eigenvalue weighted by Crippen LogP contribution is -2.46. The number of sulfonamides is 1. The van der Waals surface area contributed by atoms with Gasteiger partial charge < -0.3 is 9.47 Å². The van der Waals surface area contributed by atoms with Gasteiger partial charge in [-0.05, 0) is 48.1 Å². The maximum absolute atomic E-state index is 13.6. The second-order valence-corrected chi connectivity index (χ2v) is 9.65. The highest BCUT2D eigenvalue weighted by Crippen LogP contribution is 2.38. The molecule has 0 bridgehead atoms. The quantitative estimate of drug-likeness (QED) is 0.760. The van der Waals surface area contributed by atoms with Gasteiger partial charge in [0.05, 0.1) is 0 Å². The van der Waals surface area contributed by atoms with E-state index in [4.69, 9.17) is 9.47 Å². The summed E-state index contributed by atoms with van der Waals surface area (Å²) in [7, 11) is -3.67. The average Bonchev–Trinajstić information content (AvgIpc) is 3.17. The molecule has 1 aliphatic carbocycles. The lowest BCUT2D eigenvalue weighted by molar-refractivity contribution is 0.138. The van der Waals surface area contributed by atoms with Crippen molar-refractivity contribution in [3.05, 3.63) is 48.3 Å². The molecule has 2 aliphatic rings. The summed E-state index contributed by atoms with van der Waals surface area (Å²) < 4.78 is 39.6. The second kappa shape index (κ2) is 7.72. The van der Waals surface area contributed by atoms with Gasteiger partial charge in [-0.3, -0.25) is 4.98 Å². The number of pyridine rings is 1. The third-order valence-electron chi connectivity index (χ3n) is 6.05. The maximum atomic E-state index is 13.6. The molecule has 1 aromatic carbocycles. The number of ether oxygens (including phenoxy) is 2. The Hall–Kier alpha value is -2.12. The van der Waals surface area contributed by atoms with Gasteiger partial charge in [-0.2, -0.15) is 4.31 Å². The van der Waals surface area contributed by atoms with Crippen LogP contribution in [0.25, 0.3) is 0 Å². The zero-order valence-corrected chi connectivity index (χ0v) is 17.1. The highest BCUT2D eigenvalue weighted by molar-refractivity contribution is 7.89. The van der Waals surface area contributed by atoms with Crippen LogP contribution in [0.5, 0.6) is 11.5 Å². The molecule has 2 aromatic rings. The van der Waals surface area contributed by atoms with Crippen molar-refractivity contribution >= 4 is 10.0 Å².